The average Bonchev–Trinajstić information content (AvgIpc) is 3.12. The molecule has 0 spiro atoms. The van der Waals surface area contributed by atoms with Crippen LogP contribution in [0.25, 0.3) is 6.08 Å². The molecule has 0 radical (unpaired) electrons. The second-order valence-electron chi connectivity index (χ2n) is 7.86. The van der Waals surface area contributed by atoms with Crippen molar-refractivity contribution in [3.8, 4) is 11.5 Å². The molecule has 1 aliphatic rings. The van der Waals surface area contributed by atoms with E-state index in [1.807, 2.05) is 24.3 Å². The summed E-state index contributed by atoms with van der Waals surface area (Å²) in [4.78, 5) is 43.3. The third kappa shape index (κ3) is 5.05. The number of carbonyl (C=O) groups excluding carboxylic acids is 2. The predicted molar refractivity (Wildman–Crippen MR) is 139 cm³/mol. The highest BCUT2D eigenvalue weighted by Gasteiger charge is 2.34. The van der Waals surface area contributed by atoms with Crippen LogP contribution in [0.15, 0.2) is 68.0 Å². The molecule has 36 heavy (non-hydrogen) atoms. The summed E-state index contributed by atoms with van der Waals surface area (Å²) in [5.41, 5.74) is 1.84. The van der Waals surface area contributed by atoms with Crippen LogP contribution in [0.2, 0.25) is 0 Å². The highest BCUT2D eigenvalue weighted by atomic mass is 79.9. The number of ether oxygens (including phenoxy) is 3. The first-order valence-electron chi connectivity index (χ1n) is 11.0. The number of hydrogen-bond acceptors (Lipinski definition) is 8. The fourth-order valence-corrected chi connectivity index (χ4v) is 5.41. The molecule has 4 rings (SSSR count). The number of esters is 2. The van der Waals surface area contributed by atoms with Crippen LogP contribution in [0.3, 0.4) is 0 Å². The van der Waals surface area contributed by atoms with Crippen LogP contribution >= 0.6 is 27.3 Å². The molecule has 0 saturated heterocycles. The third-order valence-electron chi connectivity index (χ3n) is 5.42. The van der Waals surface area contributed by atoms with Crippen molar-refractivity contribution in [2.75, 3.05) is 13.7 Å². The number of carbonyl (C=O) groups is 2. The standard InChI is InChI=1S/C26H23BrN2O6S/c1-5-34-25(32)22-14(2)28-26-29(24(31)21(36-26)12-16-7-6-8-18(27)11-16)23(22)17-9-10-19(35-15(3)30)20(13-17)33-4/h6-13,23H,5H2,1-4H3/b21-12+. The molecule has 1 atom stereocenters. The smallest absolute Gasteiger partial charge is 0.338 e. The fourth-order valence-electron chi connectivity index (χ4n) is 3.95. The van der Waals surface area contributed by atoms with Crippen molar-refractivity contribution >= 4 is 45.3 Å². The minimum atomic E-state index is -0.815. The molecular weight excluding hydrogens is 548 g/mol. The van der Waals surface area contributed by atoms with Gasteiger partial charge in [-0.25, -0.2) is 9.79 Å². The second kappa shape index (κ2) is 10.6. The van der Waals surface area contributed by atoms with E-state index < -0.39 is 18.0 Å². The van der Waals surface area contributed by atoms with E-state index in [2.05, 4.69) is 20.9 Å². The number of thiazole rings is 1. The zero-order chi connectivity index (χ0) is 26.0. The van der Waals surface area contributed by atoms with Crippen LogP contribution in [0.5, 0.6) is 11.5 Å². The lowest BCUT2D eigenvalue weighted by Gasteiger charge is -2.25. The van der Waals surface area contributed by atoms with Crippen LogP contribution in [0, 0.1) is 0 Å². The number of hydrogen-bond donors (Lipinski definition) is 0. The Hall–Kier alpha value is -3.50. The molecule has 186 valence electrons. The van der Waals surface area contributed by atoms with E-state index in [0.29, 0.717) is 20.6 Å². The molecule has 8 nitrogen and oxygen atoms in total. The van der Waals surface area contributed by atoms with Crippen molar-refractivity contribution in [2.45, 2.75) is 26.8 Å². The lowest BCUT2D eigenvalue weighted by molar-refractivity contribution is -0.139. The largest absolute Gasteiger partial charge is 0.493 e. The Labute approximate surface area is 219 Å². The van der Waals surface area contributed by atoms with Gasteiger partial charge in [0.25, 0.3) is 5.56 Å². The normalized spacial score (nSPS) is 15.2. The fraction of sp³-hybridized carbons (Fsp3) is 0.231. The Morgan fingerprint density at radius 2 is 1.97 bits per heavy atom. The molecule has 0 aliphatic carbocycles. The maximum absolute atomic E-state index is 13.7. The lowest BCUT2D eigenvalue weighted by Crippen LogP contribution is -2.40. The third-order valence-corrected chi connectivity index (χ3v) is 6.90. The van der Waals surface area contributed by atoms with Gasteiger partial charge in [0.05, 0.1) is 35.6 Å². The molecule has 0 bridgehead atoms. The number of rotatable bonds is 6. The van der Waals surface area contributed by atoms with Crippen molar-refractivity contribution in [3.63, 3.8) is 0 Å². The molecule has 2 aromatic carbocycles. The van der Waals surface area contributed by atoms with Gasteiger partial charge in [0.2, 0.25) is 0 Å². The number of allylic oxidation sites excluding steroid dienone is 1. The number of nitrogens with zero attached hydrogens (tertiary/aromatic N) is 2. The molecule has 1 aliphatic heterocycles. The maximum atomic E-state index is 13.7. The van der Waals surface area contributed by atoms with E-state index in [0.717, 1.165) is 10.0 Å². The zero-order valence-electron chi connectivity index (χ0n) is 20.0. The summed E-state index contributed by atoms with van der Waals surface area (Å²) in [6.45, 7) is 4.90. The van der Waals surface area contributed by atoms with Crippen LogP contribution in [-0.2, 0) is 14.3 Å². The number of halogens is 1. The second-order valence-corrected chi connectivity index (χ2v) is 9.79. The van der Waals surface area contributed by atoms with Gasteiger partial charge < -0.3 is 14.2 Å². The molecule has 1 unspecified atom stereocenters. The predicted octanol–water partition coefficient (Wildman–Crippen LogP) is 3.49. The molecule has 3 aromatic rings. The number of fused-ring (bicyclic) bond motifs is 1. The Morgan fingerprint density at radius 1 is 1.19 bits per heavy atom. The summed E-state index contributed by atoms with van der Waals surface area (Å²) in [5.74, 6) is -0.538. The Balaban J connectivity index is 1.95. The van der Waals surface area contributed by atoms with E-state index >= 15 is 0 Å². The van der Waals surface area contributed by atoms with Gasteiger partial charge in [0.15, 0.2) is 16.3 Å². The number of aromatic nitrogens is 1. The maximum Gasteiger partial charge on any atom is 0.338 e. The van der Waals surface area contributed by atoms with E-state index in [9.17, 15) is 14.4 Å². The van der Waals surface area contributed by atoms with Gasteiger partial charge in [-0.1, -0.05) is 45.5 Å². The highest BCUT2D eigenvalue weighted by molar-refractivity contribution is 9.10. The van der Waals surface area contributed by atoms with Gasteiger partial charge in [-0.3, -0.25) is 14.2 Å². The van der Waals surface area contributed by atoms with Crippen molar-refractivity contribution in [1.82, 2.24) is 4.57 Å². The van der Waals surface area contributed by atoms with E-state index in [4.69, 9.17) is 14.2 Å². The Morgan fingerprint density at radius 3 is 2.64 bits per heavy atom. The first-order valence-corrected chi connectivity index (χ1v) is 12.7. The van der Waals surface area contributed by atoms with Gasteiger partial charge in [-0.15, -0.1) is 0 Å². The minimum absolute atomic E-state index is 0.171. The van der Waals surface area contributed by atoms with Gasteiger partial charge >= 0.3 is 11.9 Å². The Kier molecular flexibility index (Phi) is 7.56. The SMILES string of the molecule is CCOC(=O)C1=C(C)N=c2s/c(=C/c3cccc(Br)c3)c(=O)n2C1c1ccc(OC(C)=O)c(OC)c1. The van der Waals surface area contributed by atoms with E-state index in [1.54, 1.807) is 38.1 Å². The van der Waals surface area contributed by atoms with Crippen LogP contribution in [0.1, 0.15) is 37.9 Å². The molecule has 0 N–H and O–H groups in total. The van der Waals surface area contributed by atoms with Gasteiger partial charge in [0, 0.05) is 11.4 Å². The topological polar surface area (TPSA) is 96.2 Å². The van der Waals surface area contributed by atoms with Gasteiger partial charge in [-0.05, 0) is 55.3 Å². The van der Waals surface area contributed by atoms with Gasteiger partial charge in [-0.2, -0.15) is 0 Å². The molecule has 0 amide bonds. The summed E-state index contributed by atoms with van der Waals surface area (Å²) < 4.78 is 18.8. The molecule has 10 heteroatoms. The first kappa shape index (κ1) is 25.6. The average molecular weight is 571 g/mol. The molecular formula is C26H23BrN2O6S. The van der Waals surface area contributed by atoms with Crippen LogP contribution in [0.4, 0.5) is 0 Å². The van der Waals surface area contributed by atoms with Crippen molar-refractivity contribution < 1.29 is 23.8 Å². The van der Waals surface area contributed by atoms with Crippen LogP contribution < -0.4 is 24.4 Å². The zero-order valence-corrected chi connectivity index (χ0v) is 22.4. The molecule has 2 heterocycles. The summed E-state index contributed by atoms with van der Waals surface area (Å²) in [7, 11) is 1.45. The molecule has 0 saturated carbocycles. The Bertz CT molecular complexity index is 1570. The van der Waals surface area contributed by atoms with E-state index in [1.165, 1.54) is 29.9 Å². The molecule has 0 fully saturated rings. The summed E-state index contributed by atoms with van der Waals surface area (Å²) in [6, 6.07) is 11.7. The summed E-state index contributed by atoms with van der Waals surface area (Å²) in [5, 5.41) is 0. The van der Waals surface area contributed by atoms with Crippen molar-refractivity contribution in [1.29, 1.82) is 0 Å². The quantitative estimate of drug-likeness (QED) is 0.332. The summed E-state index contributed by atoms with van der Waals surface area (Å²) >= 11 is 4.69. The number of methoxy groups -OCH3 is 1. The van der Waals surface area contributed by atoms with Crippen molar-refractivity contribution in [2.24, 2.45) is 4.99 Å². The monoisotopic (exact) mass is 570 g/mol. The highest BCUT2D eigenvalue weighted by Crippen LogP contribution is 2.36. The van der Waals surface area contributed by atoms with E-state index in [-0.39, 0.29) is 29.2 Å². The van der Waals surface area contributed by atoms with Crippen LogP contribution in [-0.4, -0.2) is 30.2 Å². The lowest BCUT2D eigenvalue weighted by atomic mass is 9.95. The first-order chi connectivity index (χ1) is 17.2. The van der Waals surface area contributed by atoms with Gasteiger partial charge in [0.1, 0.15) is 0 Å². The molecule has 1 aromatic heterocycles. The number of benzene rings is 2. The minimum Gasteiger partial charge on any atom is -0.493 e. The summed E-state index contributed by atoms with van der Waals surface area (Å²) in [6.07, 6.45) is 1.79. The van der Waals surface area contributed by atoms with Crippen molar-refractivity contribution in [3.05, 3.63) is 89.0 Å².